The smallest absolute Gasteiger partial charge is 0.231 e. The number of benzene rings is 1. The number of carbonyl (C=O) groups excluding carboxylic acids is 1. The van der Waals surface area contributed by atoms with Crippen LogP contribution in [-0.2, 0) is 11.2 Å². The minimum Gasteiger partial charge on any atom is -0.316 e. The zero-order valence-corrected chi connectivity index (χ0v) is 11.9. The number of carbonyl (C=O) groups is 1. The highest BCUT2D eigenvalue weighted by Gasteiger charge is 2.29. The third-order valence-electron chi connectivity index (χ3n) is 3.81. The third kappa shape index (κ3) is 2.31. The number of amides is 1. The molecule has 0 radical (unpaired) electrons. The largest absolute Gasteiger partial charge is 0.316 e. The predicted octanol–water partition coefficient (Wildman–Crippen LogP) is 2.34. The van der Waals surface area contributed by atoms with E-state index >= 15 is 0 Å². The normalized spacial score (nSPS) is 23.3. The van der Waals surface area contributed by atoms with Gasteiger partial charge in [-0.15, -0.1) is 0 Å². The van der Waals surface area contributed by atoms with Crippen LogP contribution in [0.1, 0.15) is 18.4 Å². The van der Waals surface area contributed by atoms with Gasteiger partial charge in [0, 0.05) is 16.7 Å². The van der Waals surface area contributed by atoms with Crippen molar-refractivity contribution in [3.8, 4) is 0 Å². The zero-order valence-electron chi connectivity index (χ0n) is 10.3. The lowest BCUT2D eigenvalue weighted by molar-refractivity contribution is -0.117. The zero-order chi connectivity index (χ0) is 12.5. The van der Waals surface area contributed by atoms with Crippen molar-refractivity contribution < 1.29 is 4.79 Å². The molecule has 3 nitrogen and oxygen atoms in total. The Kier molecular flexibility index (Phi) is 3.39. The number of nitrogens with zero attached hydrogens (tertiary/aromatic N) is 1. The monoisotopic (exact) mass is 308 g/mol. The highest BCUT2D eigenvalue weighted by atomic mass is 79.9. The molecule has 1 amide bonds. The number of piperidine rings is 1. The molecule has 18 heavy (non-hydrogen) atoms. The van der Waals surface area contributed by atoms with Crippen molar-refractivity contribution in [2.24, 2.45) is 5.92 Å². The Hall–Kier alpha value is -0.870. The van der Waals surface area contributed by atoms with Gasteiger partial charge in [-0.05, 0) is 55.6 Å². The second-order valence-electron chi connectivity index (χ2n) is 5.17. The van der Waals surface area contributed by atoms with Gasteiger partial charge in [-0.2, -0.15) is 0 Å². The Morgan fingerprint density at radius 1 is 1.44 bits per heavy atom. The van der Waals surface area contributed by atoms with Crippen LogP contribution in [0.4, 0.5) is 5.69 Å². The Morgan fingerprint density at radius 3 is 3.11 bits per heavy atom. The fourth-order valence-electron chi connectivity index (χ4n) is 2.89. The first-order valence-corrected chi connectivity index (χ1v) is 7.33. The van der Waals surface area contributed by atoms with Crippen molar-refractivity contribution in [2.45, 2.75) is 19.3 Å². The SMILES string of the molecule is O=C1Cc2cc(Br)ccc2N1CC1CCCNC1. The Labute approximate surface area is 116 Å². The first kappa shape index (κ1) is 12.2. The summed E-state index contributed by atoms with van der Waals surface area (Å²) in [4.78, 5) is 14.1. The van der Waals surface area contributed by atoms with Crippen LogP contribution in [0, 0.1) is 5.92 Å². The maximum Gasteiger partial charge on any atom is 0.231 e. The number of rotatable bonds is 2. The molecule has 2 aliphatic rings. The topological polar surface area (TPSA) is 32.3 Å². The first-order valence-electron chi connectivity index (χ1n) is 6.53. The highest BCUT2D eigenvalue weighted by Crippen LogP contribution is 2.32. The van der Waals surface area contributed by atoms with Gasteiger partial charge in [-0.25, -0.2) is 0 Å². The lowest BCUT2D eigenvalue weighted by Gasteiger charge is -2.28. The highest BCUT2D eigenvalue weighted by molar-refractivity contribution is 9.10. The van der Waals surface area contributed by atoms with E-state index < -0.39 is 0 Å². The van der Waals surface area contributed by atoms with Gasteiger partial charge in [0.2, 0.25) is 5.91 Å². The maximum absolute atomic E-state index is 12.1. The molecule has 1 aromatic carbocycles. The molecule has 0 saturated carbocycles. The van der Waals surface area contributed by atoms with Crippen LogP contribution in [0.3, 0.4) is 0 Å². The summed E-state index contributed by atoms with van der Waals surface area (Å²) in [6.07, 6.45) is 3.00. The van der Waals surface area contributed by atoms with Gasteiger partial charge in [-0.1, -0.05) is 15.9 Å². The maximum atomic E-state index is 12.1. The van der Waals surface area contributed by atoms with Crippen LogP contribution < -0.4 is 10.2 Å². The van der Waals surface area contributed by atoms with Crippen molar-refractivity contribution in [1.82, 2.24) is 5.32 Å². The van der Waals surface area contributed by atoms with Crippen LogP contribution in [0.5, 0.6) is 0 Å². The summed E-state index contributed by atoms with van der Waals surface area (Å²) < 4.78 is 1.05. The summed E-state index contributed by atoms with van der Waals surface area (Å²) in [6, 6.07) is 6.14. The van der Waals surface area contributed by atoms with Crippen LogP contribution in [0.15, 0.2) is 22.7 Å². The molecule has 0 aliphatic carbocycles. The molecular formula is C14H17BrN2O. The summed E-state index contributed by atoms with van der Waals surface area (Å²) in [5, 5.41) is 3.41. The molecule has 1 aromatic rings. The standard InChI is InChI=1S/C14H17BrN2O/c15-12-3-4-13-11(6-12)7-14(18)17(13)9-10-2-1-5-16-8-10/h3-4,6,10,16H,1-2,5,7-9H2. The molecule has 1 unspecified atom stereocenters. The van der Waals surface area contributed by atoms with Crippen LogP contribution >= 0.6 is 15.9 Å². The Morgan fingerprint density at radius 2 is 2.33 bits per heavy atom. The van der Waals surface area contributed by atoms with Crippen molar-refractivity contribution >= 4 is 27.5 Å². The number of fused-ring (bicyclic) bond motifs is 1. The first-order chi connectivity index (χ1) is 8.74. The Balaban J connectivity index is 1.78. The minimum absolute atomic E-state index is 0.244. The minimum atomic E-state index is 0.244. The van der Waals surface area contributed by atoms with Gasteiger partial charge in [0.1, 0.15) is 0 Å². The van der Waals surface area contributed by atoms with Crippen molar-refractivity contribution in [3.05, 3.63) is 28.2 Å². The van der Waals surface area contributed by atoms with E-state index in [1.807, 2.05) is 11.0 Å². The molecule has 96 valence electrons. The van der Waals surface area contributed by atoms with Gasteiger partial charge >= 0.3 is 0 Å². The fraction of sp³-hybridized carbons (Fsp3) is 0.500. The van der Waals surface area contributed by atoms with Gasteiger partial charge in [0.15, 0.2) is 0 Å². The Bertz CT molecular complexity index is 469. The lowest BCUT2D eigenvalue weighted by Crippen LogP contribution is -2.39. The molecule has 1 atom stereocenters. The average molecular weight is 309 g/mol. The van der Waals surface area contributed by atoms with E-state index in [0.29, 0.717) is 12.3 Å². The van der Waals surface area contributed by atoms with E-state index in [-0.39, 0.29) is 5.91 Å². The second kappa shape index (κ2) is 5.02. The van der Waals surface area contributed by atoms with E-state index in [1.165, 1.54) is 12.8 Å². The van der Waals surface area contributed by atoms with Gasteiger partial charge < -0.3 is 10.2 Å². The molecule has 1 fully saturated rings. The summed E-state index contributed by atoms with van der Waals surface area (Å²) in [6.45, 7) is 3.02. The van der Waals surface area contributed by atoms with Gasteiger partial charge in [0.25, 0.3) is 0 Å². The number of hydrogen-bond acceptors (Lipinski definition) is 2. The fourth-order valence-corrected chi connectivity index (χ4v) is 3.30. The molecule has 2 aliphatic heterocycles. The second-order valence-corrected chi connectivity index (χ2v) is 6.08. The molecule has 0 spiro atoms. The third-order valence-corrected chi connectivity index (χ3v) is 4.31. The molecule has 0 aromatic heterocycles. The van der Waals surface area contributed by atoms with Crippen molar-refractivity contribution in [1.29, 1.82) is 0 Å². The van der Waals surface area contributed by atoms with Crippen molar-refractivity contribution in [2.75, 3.05) is 24.5 Å². The number of halogens is 1. The van der Waals surface area contributed by atoms with E-state index in [1.54, 1.807) is 0 Å². The van der Waals surface area contributed by atoms with Gasteiger partial charge in [0.05, 0.1) is 6.42 Å². The van der Waals surface area contributed by atoms with Crippen molar-refractivity contribution in [3.63, 3.8) is 0 Å². The van der Waals surface area contributed by atoms with E-state index in [9.17, 15) is 4.79 Å². The van der Waals surface area contributed by atoms with Crippen LogP contribution in [-0.4, -0.2) is 25.5 Å². The molecule has 3 rings (SSSR count). The summed E-state index contributed by atoms with van der Waals surface area (Å²) in [5.41, 5.74) is 2.26. The molecule has 2 heterocycles. The lowest BCUT2D eigenvalue weighted by atomic mass is 9.99. The van der Waals surface area contributed by atoms with Crippen LogP contribution in [0.2, 0.25) is 0 Å². The molecular weight excluding hydrogens is 292 g/mol. The molecule has 4 heteroatoms. The van der Waals surface area contributed by atoms with E-state index in [2.05, 4.69) is 33.4 Å². The number of nitrogens with one attached hydrogen (secondary N) is 1. The van der Waals surface area contributed by atoms with Crippen LogP contribution in [0.25, 0.3) is 0 Å². The summed E-state index contributed by atoms with van der Waals surface area (Å²) >= 11 is 3.46. The quantitative estimate of drug-likeness (QED) is 0.909. The van der Waals surface area contributed by atoms with Gasteiger partial charge in [-0.3, -0.25) is 4.79 Å². The van der Waals surface area contributed by atoms with E-state index in [0.717, 1.165) is 35.4 Å². The molecule has 1 N–H and O–H groups in total. The number of hydrogen-bond donors (Lipinski definition) is 1. The molecule has 1 saturated heterocycles. The number of anilines is 1. The summed E-state index contributed by atoms with van der Waals surface area (Å²) in [7, 11) is 0. The van der Waals surface area contributed by atoms with E-state index in [4.69, 9.17) is 0 Å². The predicted molar refractivity (Wildman–Crippen MR) is 75.8 cm³/mol. The molecule has 0 bridgehead atoms. The average Bonchev–Trinajstić information content (AvgIpc) is 2.66. The summed E-state index contributed by atoms with van der Waals surface area (Å²) in [5.74, 6) is 0.839.